The summed E-state index contributed by atoms with van der Waals surface area (Å²) < 4.78 is 0.431. The van der Waals surface area contributed by atoms with Crippen molar-refractivity contribution in [2.24, 2.45) is 5.73 Å². The van der Waals surface area contributed by atoms with Crippen LogP contribution in [0.5, 0.6) is 0 Å². The zero-order valence-electron chi connectivity index (χ0n) is 9.95. The molecule has 2 N–H and O–H groups in total. The fourth-order valence-corrected chi connectivity index (χ4v) is 1.90. The van der Waals surface area contributed by atoms with Gasteiger partial charge < -0.3 is 10.6 Å². The zero-order valence-corrected chi connectivity index (χ0v) is 12.3. The molecule has 1 rings (SSSR count). The van der Waals surface area contributed by atoms with Crippen molar-refractivity contribution in [3.63, 3.8) is 0 Å². The van der Waals surface area contributed by atoms with Crippen molar-refractivity contribution in [2.45, 2.75) is 11.8 Å². The van der Waals surface area contributed by atoms with E-state index in [1.165, 1.54) is 11.8 Å². The standard InChI is InChI=1S/C8H8ClNS2.C3H9N/c1-5-4-6(9)2-3-7(5)12-8(10)11;1-4(2)3/h2-4H,1H3,(H2,10,11);1-3H3. The van der Waals surface area contributed by atoms with Crippen molar-refractivity contribution in [2.75, 3.05) is 21.1 Å². The highest BCUT2D eigenvalue weighted by molar-refractivity contribution is 8.23. The molecule has 0 saturated heterocycles. The molecule has 0 aliphatic rings. The number of nitrogens with zero attached hydrogens (tertiary/aromatic N) is 1. The van der Waals surface area contributed by atoms with Gasteiger partial charge in [0.2, 0.25) is 0 Å². The van der Waals surface area contributed by atoms with Crippen molar-refractivity contribution in [3.05, 3.63) is 28.8 Å². The van der Waals surface area contributed by atoms with Gasteiger partial charge in [0.1, 0.15) is 4.32 Å². The third kappa shape index (κ3) is 7.93. The number of nitrogens with two attached hydrogens (primary N) is 1. The first kappa shape index (κ1) is 15.7. The van der Waals surface area contributed by atoms with Gasteiger partial charge in [-0.2, -0.15) is 0 Å². The van der Waals surface area contributed by atoms with Crippen LogP contribution in [0.4, 0.5) is 0 Å². The molecule has 0 amide bonds. The third-order valence-corrected chi connectivity index (χ3v) is 2.71. The lowest BCUT2D eigenvalue weighted by Gasteiger charge is -2.03. The Balaban J connectivity index is 0.000000487. The molecule has 0 aliphatic carbocycles. The average molecular weight is 277 g/mol. The normalized spacial score (nSPS) is 9.62. The predicted octanol–water partition coefficient (Wildman–Crippen LogP) is 3.16. The summed E-state index contributed by atoms with van der Waals surface area (Å²) in [5.41, 5.74) is 6.49. The molecule has 0 aliphatic heterocycles. The number of benzene rings is 1. The Hall–Kier alpha value is -0.290. The van der Waals surface area contributed by atoms with Gasteiger partial charge in [0, 0.05) is 9.92 Å². The second-order valence-electron chi connectivity index (χ2n) is 3.67. The minimum Gasteiger partial charge on any atom is -0.384 e. The van der Waals surface area contributed by atoms with E-state index in [4.69, 9.17) is 29.6 Å². The number of halogens is 1. The lowest BCUT2D eigenvalue weighted by molar-refractivity contribution is 0.505. The Kier molecular flexibility index (Phi) is 7.76. The van der Waals surface area contributed by atoms with Gasteiger partial charge in [0.05, 0.1) is 0 Å². The number of rotatable bonds is 1. The van der Waals surface area contributed by atoms with Crippen LogP contribution in [0.25, 0.3) is 0 Å². The van der Waals surface area contributed by atoms with Crippen molar-refractivity contribution in [3.8, 4) is 0 Å². The van der Waals surface area contributed by atoms with Crippen LogP contribution in [-0.2, 0) is 0 Å². The molecular formula is C11H17ClN2S2. The summed E-state index contributed by atoms with van der Waals surface area (Å²) >= 11 is 11.9. The Morgan fingerprint density at radius 2 is 1.88 bits per heavy atom. The molecule has 0 fully saturated rings. The summed E-state index contributed by atoms with van der Waals surface area (Å²) in [7, 11) is 6.00. The molecule has 0 saturated carbocycles. The molecule has 90 valence electrons. The average Bonchev–Trinajstić information content (AvgIpc) is 2.08. The molecule has 0 radical (unpaired) electrons. The summed E-state index contributed by atoms with van der Waals surface area (Å²) in [6.07, 6.45) is 0. The van der Waals surface area contributed by atoms with Gasteiger partial charge in [0.25, 0.3) is 0 Å². The SMILES string of the molecule is CN(C)C.Cc1cc(Cl)ccc1SC(N)=S. The van der Waals surface area contributed by atoms with Crippen LogP contribution in [0, 0.1) is 6.92 Å². The van der Waals surface area contributed by atoms with E-state index in [0.717, 1.165) is 15.5 Å². The fourth-order valence-electron chi connectivity index (χ4n) is 0.836. The Morgan fingerprint density at radius 1 is 1.38 bits per heavy atom. The number of thiocarbonyl (C=S) groups is 1. The van der Waals surface area contributed by atoms with Gasteiger partial charge in [-0.25, -0.2) is 0 Å². The maximum absolute atomic E-state index is 5.78. The van der Waals surface area contributed by atoms with Crippen molar-refractivity contribution < 1.29 is 0 Å². The molecule has 2 nitrogen and oxygen atoms in total. The molecule has 16 heavy (non-hydrogen) atoms. The molecule has 0 heterocycles. The molecule has 5 heteroatoms. The van der Waals surface area contributed by atoms with Crippen molar-refractivity contribution >= 4 is 39.9 Å². The smallest absolute Gasteiger partial charge is 0.136 e. The molecule has 1 aromatic carbocycles. The highest BCUT2D eigenvalue weighted by Crippen LogP contribution is 2.24. The van der Waals surface area contributed by atoms with E-state index in [9.17, 15) is 0 Å². The van der Waals surface area contributed by atoms with Gasteiger partial charge in [-0.15, -0.1) is 0 Å². The molecule has 1 aromatic rings. The van der Waals surface area contributed by atoms with E-state index in [-0.39, 0.29) is 0 Å². The first-order valence-electron chi connectivity index (χ1n) is 4.67. The second-order valence-corrected chi connectivity index (χ2v) is 5.89. The summed E-state index contributed by atoms with van der Waals surface area (Å²) in [6.45, 7) is 1.98. The topological polar surface area (TPSA) is 29.3 Å². The third-order valence-electron chi connectivity index (χ3n) is 1.35. The van der Waals surface area contributed by atoms with Crippen LogP contribution in [0.15, 0.2) is 23.1 Å². The molecule has 0 spiro atoms. The highest BCUT2D eigenvalue weighted by atomic mass is 35.5. The molecular weight excluding hydrogens is 260 g/mol. The number of hydrogen-bond acceptors (Lipinski definition) is 3. The minimum atomic E-state index is 0.431. The van der Waals surface area contributed by atoms with E-state index < -0.39 is 0 Å². The van der Waals surface area contributed by atoms with E-state index in [1.807, 2.05) is 51.2 Å². The molecule has 0 bridgehead atoms. The summed E-state index contributed by atoms with van der Waals surface area (Å²) in [5, 5.41) is 0.736. The first-order chi connectivity index (χ1) is 7.32. The summed E-state index contributed by atoms with van der Waals surface area (Å²) in [6, 6.07) is 5.64. The summed E-state index contributed by atoms with van der Waals surface area (Å²) in [5.74, 6) is 0. The van der Waals surface area contributed by atoms with Gasteiger partial charge >= 0.3 is 0 Å². The Morgan fingerprint density at radius 3 is 2.25 bits per heavy atom. The van der Waals surface area contributed by atoms with Crippen LogP contribution in [0.1, 0.15) is 5.56 Å². The van der Waals surface area contributed by atoms with Crippen LogP contribution in [0.2, 0.25) is 5.02 Å². The monoisotopic (exact) mass is 276 g/mol. The maximum Gasteiger partial charge on any atom is 0.136 e. The van der Waals surface area contributed by atoms with Gasteiger partial charge in [-0.1, -0.05) is 35.6 Å². The molecule has 0 atom stereocenters. The molecule has 0 aromatic heterocycles. The zero-order chi connectivity index (χ0) is 12.7. The highest BCUT2D eigenvalue weighted by Gasteiger charge is 2.00. The minimum absolute atomic E-state index is 0.431. The van der Waals surface area contributed by atoms with Crippen molar-refractivity contribution in [1.29, 1.82) is 0 Å². The molecule has 0 unspecified atom stereocenters. The lowest BCUT2D eigenvalue weighted by atomic mass is 10.2. The largest absolute Gasteiger partial charge is 0.384 e. The number of hydrogen-bond donors (Lipinski definition) is 1. The van der Waals surface area contributed by atoms with Crippen molar-refractivity contribution in [1.82, 2.24) is 4.90 Å². The predicted molar refractivity (Wildman–Crippen MR) is 78.4 cm³/mol. The van der Waals surface area contributed by atoms with Crippen LogP contribution in [0.3, 0.4) is 0 Å². The van der Waals surface area contributed by atoms with E-state index >= 15 is 0 Å². The van der Waals surface area contributed by atoms with Gasteiger partial charge in [0.15, 0.2) is 0 Å². The fraction of sp³-hybridized carbons (Fsp3) is 0.364. The maximum atomic E-state index is 5.78. The van der Waals surface area contributed by atoms with E-state index in [0.29, 0.717) is 4.32 Å². The number of thioether (sulfide) groups is 1. The quantitative estimate of drug-likeness (QED) is 0.630. The van der Waals surface area contributed by atoms with E-state index in [1.54, 1.807) is 0 Å². The van der Waals surface area contributed by atoms with Crippen LogP contribution < -0.4 is 5.73 Å². The Labute approximate surface area is 112 Å². The van der Waals surface area contributed by atoms with Gasteiger partial charge in [-0.05, 0) is 51.8 Å². The van der Waals surface area contributed by atoms with Gasteiger partial charge in [-0.3, -0.25) is 0 Å². The first-order valence-corrected chi connectivity index (χ1v) is 6.27. The van der Waals surface area contributed by atoms with Crippen LogP contribution in [-0.4, -0.2) is 30.4 Å². The van der Waals surface area contributed by atoms with Crippen LogP contribution >= 0.6 is 35.6 Å². The second kappa shape index (κ2) is 7.90. The van der Waals surface area contributed by atoms with E-state index in [2.05, 4.69) is 0 Å². The Bertz CT molecular complexity index is 351. The summed E-state index contributed by atoms with van der Waals surface area (Å²) in [4.78, 5) is 3.06. The lowest BCUT2D eigenvalue weighted by Crippen LogP contribution is -2.01. The number of aryl methyl sites for hydroxylation is 1.